The zero-order valence-electron chi connectivity index (χ0n) is 16.2. The Morgan fingerprint density at radius 3 is 2.50 bits per heavy atom. The molecular formula is C19H30IN5S. The number of benzene rings is 1. The second-order valence-electron chi connectivity index (χ2n) is 6.34. The summed E-state index contributed by atoms with van der Waals surface area (Å²) in [4.78, 5) is 11.3. The Morgan fingerprint density at radius 2 is 1.92 bits per heavy atom. The summed E-state index contributed by atoms with van der Waals surface area (Å²) < 4.78 is 0. The van der Waals surface area contributed by atoms with Crippen LogP contribution in [-0.4, -0.2) is 37.6 Å². The lowest BCUT2D eigenvalue weighted by molar-refractivity contribution is 0.550. The van der Waals surface area contributed by atoms with Gasteiger partial charge in [-0.3, -0.25) is 0 Å². The number of rotatable bonds is 7. The lowest BCUT2D eigenvalue weighted by Gasteiger charge is -2.24. The molecule has 2 rings (SSSR count). The van der Waals surface area contributed by atoms with Gasteiger partial charge >= 0.3 is 0 Å². The number of aliphatic imine (C=N–C) groups is 1. The molecule has 5 nitrogen and oxygen atoms in total. The van der Waals surface area contributed by atoms with Crippen molar-refractivity contribution < 1.29 is 0 Å². The first-order valence-electron chi connectivity index (χ1n) is 8.72. The summed E-state index contributed by atoms with van der Waals surface area (Å²) in [5, 5.41) is 9.92. The Balaban J connectivity index is 0.00000338. The predicted molar refractivity (Wildman–Crippen MR) is 124 cm³/mol. The van der Waals surface area contributed by atoms with E-state index in [0.29, 0.717) is 12.5 Å². The molecule has 1 aromatic heterocycles. The number of hydrogen-bond donors (Lipinski definition) is 2. The maximum Gasteiger partial charge on any atom is 0.191 e. The van der Waals surface area contributed by atoms with Crippen molar-refractivity contribution in [1.29, 1.82) is 0 Å². The van der Waals surface area contributed by atoms with E-state index in [2.05, 4.69) is 72.1 Å². The van der Waals surface area contributed by atoms with Crippen molar-refractivity contribution in [3.8, 4) is 0 Å². The fourth-order valence-electron chi connectivity index (χ4n) is 2.44. The molecule has 2 atom stereocenters. The molecule has 0 saturated heterocycles. The van der Waals surface area contributed by atoms with Gasteiger partial charge in [0.2, 0.25) is 0 Å². The number of aromatic nitrogens is 1. The van der Waals surface area contributed by atoms with Crippen LogP contribution >= 0.6 is 35.3 Å². The van der Waals surface area contributed by atoms with Crippen LogP contribution in [0.2, 0.25) is 0 Å². The molecule has 0 saturated carbocycles. The molecule has 2 unspecified atom stereocenters. The molecule has 1 aromatic carbocycles. The molecule has 2 aromatic rings. The summed E-state index contributed by atoms with van der Waals surface area (Å²) in [6.45, 7) is 7.91. The molecule has 144 valence electrons. The Labute approximate surface area is 178 Å². The number of guanidine groups is 1. The van der Waals surface area contributed by atoms with Crippen molar-refractivity contribution >= 4 is 46.4 Å². The van der Waals surface area contributed by atoms with Gasteiger partial charge in [0.1, 0.15) is 0 Å². The quantitative estimate of drug-likeness (QED) is 0.351. The minimum absolute atomic E-state index is 0. The molecule has 0 amide bonds. The first-order chi connectivity index (χ1) is 12.0. The van der Waals surface area contributed by atoms with Gasteiger partial charge in [-0.1, -0.05) is 37.3 Å². The number of anilines is 1. The minimum atomic E-state index is 0. The Bertz CT molecular complexity index is 672. The van der Waals surface area contributed by atoms with Crippen molar-refractivity contribution in [2.75, 3.05) is 25.5 Å². The second kappa shape index (κ2) is 11.4. The molecule has 0 fully saturated rings. The summed E-state index contributed by atoms with van der Waals surface area (Å²) in [6.07, 6.45) is 0. The van der Waals surface area contributed by atoms with E-state index in [4.69, 9.17) is 4.99 Å². The molecule has 0 aliphatic heterocycles. The van der Waals surface area contributed by atoms with E-state index in [9.17, 15) is 0 Å². The van der Waals surface area contributed by atoms with Gasteiger partial charge in [-0.2, -0.15) is 0 Å². The highest BCUT2D eigenvalue weighted by molar-refractivity contribution is 14.0. The number of hydrogen-bond acceptors (Lipinski definition) is 4. The van der Waals surface area contributed by atoms with Crippen molar-refractivity contribution in [1.82, 2.24) is 15.6 Å². The van der Waals surface area contributed by atoms with Crippen LogP contribution in [0, 0.1) is 0 Å². The van der Waals surface area contributed by atoms with Crippen molar-refractivity contribution in [2.24, 2.45) is 4.99 Å². The lowest BCUT2D eigenvalue weighted by atomic mass is 9.94. The zero-order valence-corrected chi connectivity index (χ0v) is 19.3. The summed E-state index contributed by atoms with van der Waals surface area (Å²) in [6, 6.07) is 10.8. The normalized spacial score (nSPS) is 13.5. The van der Waals surface area contributed by atoms with Crippen LogP contribution in [0.1, 0.15) is 37.9 Å². The minimum Gasteiger partial charge on any atom is -0.357 e. The van der Waals surface area contributed by atoms with Crippen LogP contribution in [0.5, 0.6) is 0 Å². The van der Waals surface area contributed by atoms with Gasteiger partial charge in [-0.25, -0.2) is 9.98 Å². The molecule has 2 N–H and O–H groups in total. The van der Waals surface area contributed by atoms with E-state index < -0.39 is 0 Å². The van der Waals surface area contributed by atoms with E-state index in [1.165, 1.54) is 5.56 Å². The number of thiazole rings is 1. The standard InChI is InChI=1S/C19H29N5S.HI/c1-6-20-18(21-12-17-13-25-19(23-17)24(4)5)22-15(3)14(2)16-10-8-7-9-11-16;/h7-11,13-15H,6,12H2,1-5H3,(H2,20,21,22);1H. The summed E-state index contributed by atoms with van der Waals surface area (Å²) in [5.41, 5.74) is 2.32. The third-order valence-electron chi connectivity index (χ3n) is 4.11. The summed E-state index contributed by atoms with van der Waals surface area (Å²) in [5.74, 6) is 1.22. The second-order valence-corrected chi connectivity index (χ2v) is 7.18. The van der Waals surface area contributed by atoms with E-state index in [1.54, 1.807) is 11.3 Å². The van der Waals surface area contributed by atoms with Gasteiger partial charge in [-0.05, 0) is 19.4 Å². The Kier molecular flexibility index (Phi) is 9.93. The van der Waals surface area contributed by atoms with E-state index in [1.807, 2.05) is 19.0 Å². The molecule has 0 spiro atoms. The molecule has 26 heavy (non-hydrogen) atoms. The molecular weight excluding hydrogens is 457 g/mol. The highest BCUT2D eigenvalue weighted by atomic mass is 127. The fourth-order valence-corrected chi connectivity index (χ4v) is 3.19. The maximum absolute atomic E-state index is 4.69. The molecule has 1 heterocycles. The van der Waals surface area contributed by atoms with Gasteiger partial charge in [0.05, 0.1) is 12.2 Å². The van der Waals surface area contributed by atoms with E-state index >= 15 is 0 Å². The Morgan fingerprint density at radius 1 is 1.23 bits per heavy atom. The highest BCUT2D eigenvalue weighted by Gasteiger charge is 2.15. The van der Waals surface area contributed by atoms with Gasteiger partial charge in [0.25, 0.3) is 0 Å². The maximum atomic E-state index is 4.69. The molecule has 7 heteroatoms. The number of halogens is 1. The summed E-state index contributed by atoms with van der Waals surface area (Å²) >= 11 is 1.64. The monoisotopic (exact) mass is 487 g/mol. The average molecular weight is 487 g/mol. The van der Waals surface area contributed by atoms with Crippen molar-refractivity contribution in [3.63, 3.8) is 0 Å². The third-order valence-corrected chi connectivity index (χ3v) is 5.16. The average Bonchev–Trinajstić information content (AvgIpc) is 3.09. The third kappa shape index (κ3) is 6.75. The Hall–Kier alpha value is -1.35. The molecule has 0 aliphatic rings. The predicted octanol–water partition coefficient (Wildman–Crippen LogP) is 4.07. The smallest absolute Gasteiger partial charge is 0.191 e. The lowest BCUT2D eigenvalue weighted by Crippen LogP contribution is -2.44. The van der Waals surface area contributed by atoms with Crippen molar-refractivity contribution in [2.45, 2.75) is 39.3 Å². The topological polar surface area (TPSA) is 52.6 Å². The summed E-state index contributed by atoms with van der Waals surface area (Å²) in [7, 11) is 4.01. The van der Waals surface area contributed by atoms with Crippen LogP contribution in [-0.2, 0) is 6.54 Å². The van der Waals surface area contributed by atoms with Gasteiger partial charge in [0, 0.05) is 38.0 Å². The number of nitrogens with zero attached hydrogens (tertiary/aromatic N) is 3. The largest absolute Gasteiger partial charge is 0.357 e. The first kappa shape index (κ1) is 22.7. The van der Waals surface area contributed by atoms with Gasteiger partial charge in [-0.15, -0.1) is 35.3 Å². The van der Waals surface area contributed by atoms with Gasteiger partial charge in [0.15, 0.2) is 11.1 Å². The molecule has 0 radical (unpaired) electrons. The zero-order chi connectivity index (χ0) is 18.2. The van der Waals surface area contributed by atoms with E-state index in [0.717, 1.165) is 23.3 Å². The van der Waals surface area contributed by atoms with Crippen LogP contribution in [0.4, 0.5) is 5.13 Å². The fraction of sp³-hybridized carbons (Fsp3) is 0.474. The van der Waals surface area contributed by atoms with Crippen molar-refractivity contribution in [3.05, 3.63) is 47.0 Å². The van der Waals surface area contributed by atoms with Crippen LogP contribution in [0.3, 0.4) is 0 Å². The first-order valence-corrected chi connectivity index (χ1v) is 9.60. The van der Waals surface area contributed by atoms with Gasteiger partial charge < -0.3 is 15.5 Å². The van der Waals surface area contributed by atoms with Crippen LogP contribution in [0.25, 0.3) is 0 Å². The highest BCUT2D eigenvalue weighted by Crippen LogP contribution is 2.19. The van der Waals surface area contributed by atoms with Crippen LogP contribution < -0.4 is 15.5 Å². The number of nitrogens with one attached hydrogen (secondary N) is 2. The SMILES string of the molecule is CCNC(=NCc1csc(N(C)C)n1)NC(C)C(C)c1ccccc1.I. The molecule has 0 bridgehead atoms. The van der Waals surface area contributed by atoms with Crippen LogP contribution in [0.15, 0.2) is 40.7 Å². The van der Waals surface area contributed by atoms with E-state index in [-0.39, 0.29) is 30.0 Å². The molecule has 0 aliphatic carbocycles.